The number of phenolic OH excluding ortho intramolecular Hbond substituents is 1. The van der Waals surface area contributed by atoms with E-state index in [1.54, 1.807) is 12.1 Å². The van der Waals surface area contributed by atoms with Crippen molar-refractivity contribution in [3.63, 3.8) is 0 Å². The maximum Gasteiger partial charge on any atom is 0.248 e. The van der Waals surface area contributed by atoms with Gasteiger partial charge in [0.1, 0.15) is 12.4 Å². The number of carbonyl (C=O) groups excluding carboxylic acids is 1. The molecule has 1 atom stereocenters. The number of hydrogen-bond donors (Lipinski definition) is 3. The van der Waals surface area contributed by atoms with Crippen molar-refractivity contribution in [2.45, 2.75) is 6.10 Å². The van der Waals surface area contributed by atoms with Crippen molar-refractivity contribution in [1.82, 2.24) is 4.90 Å². The van der Waals surface area contributed by atoms with Gasteiger partial charge in [0.25, 0.3) is 0 Å². The first-order chi connectivity index (χ1) is 7.54. The van der Waals surface area contributed by atoms with Gasteiger partial charge >= 0.3 is 0 Å². The lowest BCUT2D eigenvalue weighted by Crippen LogP contribution is -2.33. The minimum absolute atomic E-state index is 0.0627. The lowest BCUT2D eigenvalue weighted by atomic mass is 10.1. The van der Waals surface area contributed by atoms with Gasteiger partial charge in [0, 0.05) is 7.05 Å². The van der Waals surface area contributed by atoms with E-state index in [4.69, 9.17) is 5.11 Å². The normalized spacial score (nSPS) is 12.2. The molecular weight excluding hydrogens is 210 g/mol. The van der Waals surface area contributed by atoms with Crippen molar-refractivity contribution in [2.24, 2.45) is 0 Å². The molecule has 0 aliphatic rings. The number of phenols is 1. The fourth-order valence-electron chi connectivity index (χ4n) is 1.32. The van der Waals surface area contributed by atoms with Crippen molar-refractivity contribution in [1.29, 1.82) is 0 Å². The van der Waals surface area contributed by atoms with Crippen molar-refractivity contribution in [3.8, 4) is 5.75 Å². The summed E-state index contributed by atoms with van der Waals surface area (Å²) in [6.45, 7) is -0.508. The minimum atomic E-state index is -0.882. The highest BCUT2D eigenvalue weighted by Gasteiger charge is 2.14. The molecule has 5 nitrogen and oxygen atoms in total. The summed E-state index contributed by atoms with van der Waals surface area (Å²) in [5.41, 5.74) is 0.526. The molecule has 16 heavy (non-hydrogen) atoms. The second kappa shape index (κ2) is 5.48. The summed E-state index contributed by atoms with van der Waals surface area (Å²) >= 11 is 0. The number of benzene rings is 1. The van der Waals surface area contributed by atoms with E-state index < -0.39 is 18.6 Å². The molecule has 0 spiro atoms. The van der Waals surface area contributed by atoms with E-state index in [0.717, 1.165) is 0 Å². The summed E-state index contributed by atoms with van der Waals surface area (Å²) in [4.78, 5) is 12.3. The van der Waals surface area contributed by atoms with Gasteiger partial charge in [0.05, 0.1) is 12.6 Å². The monoisotopic (exact) mass is 225 g/mol. The molecule has 1 aromatic rings. The lowest BCUT2D eigenvalue weighted by Gasteiger charge is -2.20. The molecule has 0 fully saturated rings. The van der Waals surface area contributed by atoms with Crippen LogP contribution in [0.3, 0.4) is 0 Å². The van der Waals surface area contributed by atoms with Crippen LogP contribution in [0.5, 0.6) is 5.75 Å². The Balaban J connectivity index is 2.65. The Hall–Kier alpha value is -1.59. The molecule has 0 heterocycles. The molecule has 88 valence electrons. The Kier molecular flexibility index (Phi) is 4.28. The van der Waals surface area contributed by atoms with Crippen LogP contribution in [0.4, 0.5) is 0 Å². The summed E-state index contributed by atoms with van der Waals surface area (Å²) in [6.07, 6.45) is -0.882. The number of hydrogen-bond acceptors (Lipinski definition) is 4. The summed E-state index contributed by atoms with van der Waals surface area (Å²) in [7, 11) is 1.49. The number of aromatic hydroxyl groups is 1. The Morgan fingerprint density at radius 2 is 2.19 bits per heavy atom. The first kappa shape index (κ1) is 12.5. The number of nitrogens with zero attached hydrogens (tertiary/aromatic N) is 1. The van der Waals surface area contributed by atoms with Crippen LogP contribution in [0, 0.1) is 0 Å². The highest BCUT2D eigenvalue weighted by Crippen LogP contribution is 2.18. The Morgan fingerprint density at radius 1 is 1.50 bits per heavy atom. The molecule has 0 saturated heterocycles. The molecule has 3 N–H and O–H groups in total. The molecule has 1 rings (SSSR count). The average Bonchev–Trinajstić information content (AvgIpc) is 2.27. The third-order valence-corrected chi connectivity index (χ3v) is 2.26. The van der Waals surface area contributed by atoms with Crippen LogP contribution in [0.1, 0.15) is 11.7 Å². The largest absolute Gasteiger partial charge is 0.508 e. The second-order valence-electron chi connectivity index (χ2n) is 3.54. The van der Waals surface area contributed by atoms with E-state index in [2.05, 4.69) is 0 Å². The molecule has 1 unspecified atom stereocenters. The van der Waals surface area contributed by atoms with Gasteiger partial charge in [-0.3, -0.25) is 4.79 Å². The predicted molar refractivity (Wildman–Crippen MR) is 57.8 cm³/mol. The van der Waals surface area contributed by atoms with Gasteiger partial charge in [0.2, 0.25) is 5.91 Å². The molecule has 5 heteroatoms. The van der Waals surface area contributed by atoms with E-state index in [1.807, 2.05) is 0 Å². The van der Waals surface area contributed by atoms with Crippen LogP contribution in [0.2, 0.25) is 0 Å². The third-order valence-electron chi connectivity index (χ3n) is 2.26. The van der Waals surface area contributed by atoms with Crippen molar-refractivity contribution in [3.05, 3.63) is 29.8 Å². The number of amides is 1. The van der Waals surface area contributed by atoms with Gasteiger partial charge < -0.3 is 20.2 Å². The SMILES string of the molecule is CN(CC(O)c1cccc(O)c1)C(=O)CO. The number of aliphatic hydroxyl groups is 2. The van der Waals surface area contributed by atoms with Crippen molar-refractivity contribution in [2.75, 3.05) is 20.2 Å². The fourth-order valence-corrected chi connectivity index (χ4v) is 1.32. The highest BCUT2D eigenvalue weighted by atomic mass is 16.3. The topological polar surface area (TPSA) is 81.0 Å². The quantitative estimate of drug-likeness (QED) is 0.667. The number of likely N-dealkylation sites (N-methyl/N-ethyl adjacent to an activating group) is 1. The molecule has 0 saturated carbocycles. The van der Waals surface area contributed by atoms with Gasteiger partial charge in [-0.05, 0) is 17.7 Å². The van der Waals surface area contributed by atoms with E-state index in [-0.39, 0.29) is 12.3 Å². The Morgan fingerprint density at radius 3 is 2.75 bits per heavy atom. The van der Waals surface area contributed by atoms with Crippen molar-refractivity contribution < 1.29 is 20.1 Å². The van der Waals surface area contributed by atoms with Crippen LogP contribution in [0.25, 0.3) is 0 Å². The zero-order valence-corrected chi connectivity index (χ0v) is 9.00. The maximum absolute atomic E-state index is 11.1. The summed E-state index contributed by atoms with van der Waals surface area (Å²) in [5.74, 6) is -0.396. The standard InChI is InChI=1S/C11H15NO4/c1-12(11(16)7-13)6-10(15)8-3-2-4-9(14)5-8/h2-5,10,13-15H,6-7H2,1H3. The van der Waals surface area contributed by atoms with Gasteiger partial charge in [-0.2, -0.15) is 0 Å². The Bertz CT molecular complexity index is 367. The zero-order valence-electron chi connectivity index (χ0n) is 9.00. The Labute approximate surface area is 93.6 Å². The highest BCUT2D eigenvalue weighted by molar-refractivity contribution is 5.76. The van der Waals surface area contributed by atoms with Crippen LogP contribution in [-0.4, -0.2) is 46.3 Å². The van der Waals surface area contributed by atoms with Gasteiger partial charge in [-0.1, -0.05) is 12.1 Å². The predicted octanol–water partition coefficient (Wildman–Crippen LogP) is -0.124. The first-order valence-electron chi connectivity index (χ1n) is 4.86. The first-order valence-corrected chi connectivity index (χ1v) is 4.86. The van der Waals surface area contributed by atoms with Crippen LogP contribution in [0.15, 0.2) is 24.3 Å². The average molecular weight is 225 g/mol. The van der Waals surface area contributed by atoms with Gasteiger partial charge in [-0.15, -0.1) is 0 Å². The number of carbonyl (C=O) groups is 1. The zero-order chi connectivity index (χ0) is 12.1. The lowest BCUT2D eigenvalue weighted by molar-refractivity contribution is -0.134. The van der Waals surface area contributed by atoms with E-state index >= 15 is 0 Å². The minimum Gasteiger partial charge on any atom is -0.508 e. The molecule has 1 aromatic carbocycles. The summed E-state index contributed by atoms with van der Waals surface area (Å²) in [5, 5.41) is 27.6. The van der Waals surface area contributed by atoms with Crippen molar-refractivity contribution >= 4 is 5.91 Å². The molecular formula is C11H15NO4. The van der Waals surface area contributed by atoms with E-state index in [1.165, 1.54) is 24.1 Å². The molecule has 0 bridgehead atoms. The second-order valence-corrected chi connectivity index (χ2v) is 3.54. The van der Waals surface area contributed by atoms with E-state index in [0.29, 0.717) is 5.56 Å². The fraction of sp³-hybridized carbons (Fsp3) is 0.364. The number of rotatable bonds is 4. The summed E-state index contributed by atoms with van der Waals surface area (Å²) < 4.78 is 0. The smallest absolute Gasteiger partial charge is 0.248 e. The maximum atomic E-state index is 11.1. The van der Waals surface area contributed by atoms with Crippen LogP contribution in [-0.2, 0) is 4.79 Å². The molecule has 0 aliphatic carbocycles. The van der Waals surface area contributed by atoms with Crippen LogP contribution >= 0.6 is 0 Å². The summed E-state index contributed by atoms with van der Waals surface area (Å²) in [6, 6.07) is 6.20. The van der Waals surface area contributed by atoms with E-state index in [9.17, 15) is 15.0 Å². The molecule has 0 radical (unpaired) electrons. The number of aliphatic hydroxyl groups excluding tert-OH is 2. The molecule has 0 aliphatic heterocycles. The molecule has 1 amide bonds. The molecule has 0 aromatic heterocycles. The van der Waals surface area contributed by atoms with Gasteiger partial charge in [0.15, 0.2) is 0 Å². The van der Waals surface area contributed by atoms with Gasteiger partial charge in [-0.25, -0.2) is 0 Å². The van der Waals surface area contributed by atoms with Crippen LogP contribution < -0.4 is 0 Å². The third kappa shape index (κ3) is 3.22.